The Hall–Kier alpha value is -0.610. The quantitative estimate of drug-likeness (QED) is 0.800. The molecule has 0 aromatic heterocycles. The Morgan fingerprint density at radius 3 is 2.78 bits per heavy atom. The zero-order valence-corrected chi connectivity index (χ0v) is 11.8. The van der Waals surface area contributed by atoms with Gasteiger partial charge in [0.2, 0.25) is 5.91 Å². The molecule has 0 aromatic rings. The minimum Gasteiger partial charge on any atom is -0.336 e. The molecule has 2 aliphatic rings. The van der Waals surface area contributed by atoms with Gasteiger partial charge in [0.15, 0.2) is 0 Å². The molecule has 4 nitrogen and oxygen atoms in total. The Kier molecular flexibility index (Phi) is 4.28. The van der Waals surface area contributed by atoms with Crippen LogP contribution in [0.25, 0.3) is 0 Å². The largest absolute Gasteiger partial charge is 0.336 e. The predicted molar refractivity (Wildman–Crippen MR) is 73.2 cm³/mol. The molecule has 0 saturated carbocycles. The average Bonchev–Trinajstić information content (AvgIpc) is 2.38. The molecule has 4 heteroatoms. The molecule has 18 heavy (non-hydrogen) atoms. The molecule has 2 N–H and O–H groups in total. The number of carbonyl (C=O) groups excluding carboxylic acids is 1. The summed E-state index contributed by atoms with van der Waals surface area (Å²) in [6.07, 6.45) is 5.56. The Balaban J connectivity index is 2.06. The van der Waals surface area contributed by atoms with Crippen molar-refractivity contribution in [2.24, 2.45) is 11.7 Å². The zero-order chi connectivity index (χ0) is 13.2. The van der Waals surface area contributed by atoms with Gasteiger partial charge in [0.05, 0.1) is 11.5 Å². The van der Waals surface area contributed by atoms with Gasteiger partial charge in [-0.2, -0.15) is 0 Å². The lowest BCUT2D eigenvalue weighted by Crippen LogP contribution is -2.59. The third kappa shape index (κ3) is 2.69. The fourth-order valence-electron chi connectivity index (χ4n) is 3.36. The van der Waals surface area contributed by atoms with Gasteiger partial charge in [0.25, 0.3) is 0 Å². The van der Waals surface area contributed by atoms with E-state index in [1.165, 1.54) is 6.42 Å². The molecule has 2 rings (SSSR count). The lowest BCUT2D eigenvalue weighted by molar-refractivity contribution is -0.145. The Bertz CT molecular complexity index is 307. The van der Waals surface area contributed by atoms with Crippen molar-refractivity contribution >= 4 is 5.91 Å². The highest BCUT2D eigenvalue weighted by Gasteiger charge is 2.39. The summed E-state index contributed by atoms with van der Waals surface area (Å²) in [7, 11) is 2.11. The van der Waals surface area contributed by atoms with E-state index in [9.17, 15) is 4.79 Å². The summed E-state index contributed by atoms with van der Waals surface area (Å²) in [5.74, 6) is 0.530. The first-order valence-electron chi connectivity index (χ1n) is 7.27. The molecule has 2 fully saturated rings. The number of carbonyl (C=O) groups is 1. The van der Waals surface area contributed by atoms with Crippen molar-refractivity contribution in [1.82, 2.24) is 9.80 Å². The molecule has 2 aliphatic heterocycles. The van der Waals surface area contributed by atoms with Crippen LogP contribution in [0.4, 0.5) is 0 Å². The molecule has 2 unspecified atom stereocenters. The van der Waals surface area contributed by atoms with Crippen LogP contribution < -0.4 is 5.73 Å². The molecular formula is C14H27N3O. The van der Waals surface area contributed by atoms with Crippen molar-refractivity contribution < 1.29 is 4.79 Å². The van der Waals surface area contributed by atoms with Crippen molar-refractivity contribution in [1.29, 1.82) is 0 Å². The number of nitrogens with zero attached hydrogens (tertiary/aromatic N) is 2. The normalized spacial score (nSPS) is 34.6. The van der Waals surface area contributed by atoms with E-state index in [-0.39, 0.29) is 11.5 Å². The molecule has 0 aromatic carbocycles. The van der Waals surface area contributed by atoms with Gasteiger partial charge < -0.3 is 15.5 Å². The molecule has 2 heterocycles. The lowest BCUT2D eigenvalue weighted by atomic mass is 9.86. The Labute approximate surface area is 110 Å². The van der Waals surface area contributed by atoms with Gasteiger partial charge in [-0.05, 0) is 52.6 Å². The third-order valence-electron chi connectivity index (χ3n) is 4.68. The number of rotatable bonds is 2. The van der Waals surface area contributed by atoms with Crippen LogP contribution >= 0.6 is 0 Å². The molecule has 2 atom stereocenters. The summed E-state index contributed by atoms with van der Waals surface area (Å²) in [5.41, 5.74) is 5.81. The summed E-state index contributed by atoms with van der Waals surface area (Å²) in [4.78, 5) is 17.1. The summed E-state index contributed by atoms with van der Waals surface area (Å²) in [6, 6.07) is 0. The van der Waals surface area contributed by atoms with Crippen molar-refractivity contribution in [3.05, 3.63) is 0 Å². The molecule has 0 aliphatic carbocycles. The van der Waals surface area contributed by atoms with Crippen molar-refractivity contribution in [3.63, 3.8) is 0 Å². The van der Waals surface area contributed by atoms with Crippen molar-refractivity contribution in [2.75, 3.05) is 33.2 Å². The van der Waals surface area contributed by atoms with Crippen LogP contribution in [0.15, 0.2) is 0 Å². The van der Waals surface area contributed by atoms with Crippen LogP contribution in [-0.2, 0) is 4.79 Å². The van der Waals surface area contributed by atoms with Gasteiger partial charge in [-0.1, -0.05) is 0 Å². The summed E-state index contributed by atoms with van der Waals surface area (Å²) < 4.78 is 0. The SMILES string of the molecule is CN1CCCC(C(=O)N2CCCCC2(C)CN)C1. The van der Waals surface area contributed by atoms with Crippen molar-refractivity contribution in [2.45, 2.75) is 44.6 Å². The molecule has 2 saturated heterocycles. The Morgan fingerprint density at radius 1 is 1.33 bits per heavy atom. The van der Waals surface area contributed by atoms with Crippen molar-refractivity contribution in [3.8, 4) is 0 Å². The summed E-state index contributed by atoms with van der Waals surface area (Å²) in [6.45, 7) is 5.67. The minimum absolute atomic E-state index is 0.106. The highest BCUT2D eigenvalue weighted by atomic mass is 16.2. The number of amides is 1. The smallest absolute Gasteiger partial charge is 0.227 e. The molecular weight excluding hydrogens is 226 g/mol. The fourth-order valence-corrected chi connectivity index (χ4v) is 3.36. The average molecular weight is 253 g/mol. The van der Waals surface area contributed by atoms with Gasteiger partial charge in [-0.3, -0.25) is 4.79 Å². The standard InChI is InChI=1S/C14H27N3O/c1-14(11-15)7-3-4-9-17(14)13(18)12-6-5-8-16(2)10-12/h12H,3-11,15H2,1-2H3. The Morgan fingerprint density at radius 2 is 2.11 bits per heavy atom. The highest BCUT2D eigenvalue weighted by Crippen LogP contribution is 2.30. The van der Waals surface area contributed by atoms with Crippen LogP contribution in [0.3, 0.4) is 0 Å². The van der Waals surface area contributed by atoms with Crippen LogP contribution in [0.5, 0.6) is 0 Å². The van der Waals surface area contributed by atoms with E-state index in [0.717, 1.165) is 45.3 Å². The van der Waals surface area contributed by atoms with E-state index >= 15 is 0 Å². The topological polar surface area (TPSA) is 49.6 Å². The number of likely N-dealkylation sites (tertiary alicyclic amines) is 2. The minimum atomic E-state index is -0.106. The van der Waals surface area contributed by atoms with Gasteiger partial charge in [-0.15, -0.1) is 0 Å². The van der Waals surface area contributed by atoms with E-state index < -0.39 is 0 Å². The van der Waals surface area contributed by atoms with Gasteiger partial charge in [0, 0.05) is 19.6 Å². The first-order valence-corrected chi connectivity index (χ1v) is 7.27. The maximum absolute atomic E-state index is 12.7. The number of nitrogens with two attached hydrogens (primary N) is 1. The van der Waals surface area contributed by atoms with E-state index in [0.29, 0.717) is 12.5 Å². The zero-order valence-electron chi connectivity index (χ0n) is 11.8. The maximum atomic E-state index is 12.7. The third-order valence-corrected chi connectivity index (χ3v) is 4.68. The second-order valence-electron chi connectivity index (χ2n) is 6.25. The monoisotopic (exact) mass is 253 g/mol. The number of piperidine rings is 2. The molecule has 1 amide bonds. The lowest BCUT2D eigenvalue weighted by Gasteiger charge is -2.46. The van der Waals surface area contributed by atoms with Crippen LogP contribution in [0, 0.1) is 5.92 Å². The van der Waals surface area contributed by atoms with Gasteiger partial charge >= 0.3 is 0 Å². The number of hydrogen-bond acceptors (Lipinski definition) is 3. The van der Waals surface area contributed by atoms with E-state index in [1.807, 2.05) is 0 Å². The molecule has 0 spiro atoms. The predicted octanol–water partition coefficient (Wildman–Crippen LogP) is 1.06. The van der Waals surface area contributed by atoms with Gasteiger partial charge in [0.1, 0.15) is 0 Å². The van der Waals surface area contributed by atoms with E-state index in [1.54, 1.807) is 0 Å². The number of hydrogen-bond donors (Lipinski definition) is 1. The maximum Gasteiger partial charge on any atom is 0.227 e. The van der Waals surface area contributed by atoms with E-state index in [4.69, 9.17) is 5.73 Å². The van der Waals surface area contributed by atoms with Crippen LogP contribution in [0.1, 0.15) is 39.0 Å². The second kappa shape index (κ2) is 5.57. The second-order valence-corrected chi connectivity index (χ2v) is 6.25. The molecule has 104 valence electrons. The molecule has 0 radical (unpaired) electrons. The van der Waals surface area contributed by atoms with Crippen LogP contribution in [0.2, 0.25) is 0 Å². The summed E-state index contributed by atoms with van der Waals surface area (Å²) in [5, 5.41) is 0. The van der Waals surface area contributed by atoms with E-state index in [2.05, 4.69) is 23.8 Å². The fraction of sp³-hybridized carbons (Fsp3) is 0.929. The molecule has 0 bridgehead atoms. The first-order chi connectivity index (χ1) is 8.57. The summed E-state index contributed by atoms with van der Waals surface area (Å²) >= 11 is 0. The van der Waals surface area contributed by atoms with Crippen LogP contribution in [-0.4, -0.2) is 54.5 Å². The first kappa shape index (κ1) is 13.8. The van der Waals surface area contributed by atoms with Gasteiger partial charge in [-0.25, -0.2) is 0 Å². The highest BCUT2D eigenvalue weighted by molar-refractivity contribution is 5.80.